The molecule has 0 aliphatic heterocycles. The predicted molar refractivity (Wildman–Crippen MR) is 99.1 cm³/mol. The van der Waals surface area contributed by atoms with Crippen molar-refractivity contribution < 1.29 is 14.6 Å². The van der Waals surface area contributed by atoms with Crippen LogP contribution in [0.3, 0.4) is 0 Å². The van der Waals surface area contributed by atoms with Gasteiger partial charge in [-0.25, -0.2) is 4.98 Å². The number of primary amides is 1. The van der Waals surface area contributed by atoms with E-state index in [-0.39, 0.29) is 18.2 Å². The third-order valence-corrected chi connectivity index (χ3v) is 5.38. The van der Waals surface area contributed by atoms with E-state index in [1.54, 1.807) is 7.11 Å². The smallest absolute Gasteiger partial charge is 0.254 e. The first kappa shape index (κ1) is 18.8. The van der Waals surface area contributed by atoms with Crippen LogP contribution in [0.5, 0.6) is 0 Å². The first-order valence-corrected chi connectivity index (χ1v) is 9.42. The first-order valence-electron chi connectivity index (χ1n) is 9.42. The zero-order valence-corrected chi connectivity index (χ0v) is 15.3. The minimum atomic E-state index is -0.539. The number of nitrogens with two attached hydrogens (primary N) is 1. The molecule has 2 aliphatic carbocycles. The van der Waals surface area contributed by atoms with Crippen LogP contribution < -0.4 is 16.4 Å². The van der Waals surface area contributed by atoms with Crippen LogP contribution in [0, 0.1) is 5.92 Å². The van der Waals surface area contributed by atoms with Crippen molar-refractivity contribution >= 4 is 17.7 Å². The lowest BCUT2D eigenvalue weighted by molar-refractivity contribution is 0.100. The second-order valence-electron chi connectivity index (χ2n) is 7.45. The maximum atomic E-state index is 11.7. The van der Waals surface area contributed by atoms with Gasteiger partial charge in [0.05, 0.1) is 11.7 Å². The van der Waals surface area contributed by atoms with Crippen LogP contribution >= 0.6 is 0 Å². The normalized spacial score (nSPS) is 28.7. The summed E-state index contributed by atoms with van der Waals surface area (Å²) < 4.78 is 5.24. The molecule has 1 aromatic heterocycles. The highest BCUT2D eigenvalue weighted by Crippen LogP contribution is 2.28. The van der Waals surface area contributed by atoms with E-state index in [0.717, 1.165) is 45.1 Å². The number of nitrogens with zero attached hydrogens (tertiary/aromatic N) is 2. The molecule has 2 fully saturated rings. The van der Waals surface area contributed by atoms with Crippen molar-refractivity contribution in [3.05, 3.63) is 11.8 Å². The molecule has 0 aromatic carbocycles. The van der Waals surface area contributed by atoms with Gasteiger partial charge in [-0.3, -0.25) is 4.79 Å². The SMILES string of the molecule is COCC1CCC(Nc2nc(N[C@H]3CCC(O)C3)ncc2C(N)=O)CC1. The number of hydrogen-bond acceptors (Lipinski definition) is 7. The van der Waals surface area contributed by atoms with Crippen LogP contribution in [0.25, 0.3) is 0 Å². The van der Waals surface area contributed by atoms with Crippen LogP contribution in [0.4, 0.5) is 11.8 Å². The maximum absolute atomic E-state index is 11.7. The molecule has 2 saturated carbocycles. The molecule has 1 aromatic rings. The van der Waals surface area contributed by atoms with Gasteiger partial charge in [-0.05, 0) is 50.9 Å². The largest absolute Gasteiger partial charge is 0.393 e. The molecular formula is C18H29N5O3. The molecule has 1 heterocycles. The first-order chi connectivity index (χ1) is 12.5. The highest BCUT2D eigenvalue weighted by molar-refractivity contribution is 5.97. The Balaban J connectivity index is 1.66. The molecule has 1 unspecified atom stereocenters. The Morgan fingerprint density at radius 3 is 2.58 bits per heavy atom. The summed E-state index contributed by atoms with van der Waals surface area (Å²) >= 11 is 0. The molecule has 8 nitrogen and oxygen atoms in total. The van der Waals surface area contributed by atoms with E-state index >= 15 is 0 Å². The standard InChI is InChI=1S/C18H29N5O3/c1-26-10-11-2-4-12(5-3-11)21-17-15(16(19)25)9-20-18(23-17)22-13-6-7-14(24)8-13/h9,11-14,24H,2-8,10H2,1H3,(H2,19,25)(H2,20,21,22,23)/t11?,12?,13-,14?/m0/s1. The number of hydrogen-bond donors (Lipinski definition) is 4. The number of aliphatic hydroxyl groups excluding tert-OH is 1. The van der Waals surface area contributed by atoms with Gasteiger partial charge in [0, 0.05) is 32.0 Å². The summed E-state index contributed by atoms with van der Waals surface area (Å²) in [7, 11) is 1.74. The lowest BCUT2D eigenvalue weighted by atomic mass is 9.86. The van der Waals surface area contributed by atoms with Crippen molar-refractivity contribution in [2.75, 3.05) is 24.4 Å². The topological polar surface area (TPSA) is 122 Å². The number of aromatic nitrogens is 2. The molecule has 0 radical (unpaired) electrons. The number of carbonyl (C=O) groups excluding carboxylic acids is 1. The molecule has 1 amide bonds. The highest BCUT2D eigenvalue weighted by atomic mass is 16.5. The predicted octanol–water partition coefficient (Wildman–Crippen LogP) is 1.52. The highest BCUT2D eigenvalue weighted by Gasteiger charge is 2.25. The Hall–Kier alpha value is -1.93. The second kappa shape index (κ2) is 8.64. The number of anilines is 2. The monoisotopic (exact) mass is 363 g/mol. The fraction of sp³-hybridized carbons (Fsp3) is 0.722. The Kier molecular flexibility index (Phi) is 6.26. The quantitative estimate of drug-likeness (QED) is 0.579. The van der Waals surface area contributed by atoms with E-state index in [1.807, 2.05) is 0 Å². The molecule has 2 atom stereocenters. The minimum absolute atomic E-state index is 0.154. The van der Waals surface area contributed by atoms with E-state index in [1.165, 1.54) is 6.20 Å². The average Bonchev–Trinajstić information content (AvgIpc) is 3.02. The lowest BCUT2D eigenvalue weighted by Crippen LogP contribution is -2.30. The third kappa shape index (κ3) is 4.82. The van der Waals surface area contributed by atoms with Crippen LogP contribution in [-0.2, 0) is 4.74 Å². The van der Waals surface area contributed by atoms with E-state index in [9.17, 15) is 9.90 Å². The number of ether oxygens (including phenoxy) is 1. The third-order valence-electron chi connectivity index (χ3n) is 5.38. The van der Waals surface area contributed by atoms with Crippen LogP contribution in [0.1, 0.15) is 55.3 Å². The molecule has 2 aliphatic rings. The summed E-state index contributed by atoms with van der Waals surface area (Å²) in [4.78, 5) is 20.4. The minimum Gasteiger partial charge on any atom is -0.393 e. The summed E-state index contributed by atoms with van der Waals surface area (Å²) in [5.74, 6) is 1.02. The average molecular weight is 363 g/mol. The van der Waals surface area contributed by atoms with Gasteiger partial charge in [0.1, 0.15) is 5.82 Å². The molecular weight excluding hydrogens is 334 g/mol. The summed E-state index contributed by atoms with van der Waals surface area (Å²) in [6, 6.07) is 0.416. The summed E-state index contributed by atoms with van der Waals surface area (Å²) in [5.41, 5.74) is 5.79. The Morgan fingerprint density at radius 2 is 1.96 bits per heavy atom. The molecule has 0 bridgehead atoms. The van der Waals surface area contributed by atoms with Crippen molar-refractivity contribution in [3.63, 3.8) is 0 Å². The molecule has 0 spiro atoms. The van der Waals surface area contributed by atoms with Gasteiger partial charge in [-0.15, -0.1) is 0 Å². The van der Waals surface area contributed by atoms with Crippen molar-refractivity contribution in [3.8, 4) is 0 Å². The molecule has 26 heavy (non-hydrogen) atoms. The maximum Gasteiger partial charge on any atom is 0.254 e. The molecule has 5 N–H and O–H groups in total. The number of methoxy groups -OCH3 is 1. The number of nitrogens with one attached hydrogen (secondary N) is 2. The van der Waals surface area contributed by atoms with Crippen molar-refractivity contribution in [2.24, 2.45) is 11.7 Å². The Bertz CT molecular complexity index is 619. The molecule has 3 rings (SSSR count). The summed E-state index contributed by atoms with van der Waals surface area (Å²) in [6.45, 7) is 0.800. The van der Waals surface area contributed by atoms with Gasteiger partial charge < -0.3 is 26.2 Å². The number of amides is 1. The number of carbonyl (C=O) groups is 1. The van der Waals surface area contributed by atoms with Crippen LogP contribution in [-0.4, -0.2) is 52.9 Å². The van der Waals surface area contributed by atoms with E-state index in [0.29, 0.717) is 29.7 Å². The van der Waals surface area contributed by atoms with Gasteiger partial charge >= 0.3 is 0 Å². The van der Waals surface area contributed by atoms with Gasteiger partial charge in [-0.1, -0.05) is 0 Å². The molecule has 0 saturated heterocycles. The lowest BCUT2D eigenvalue weighted by Gasteiger charge is -2.29. The van der Waals surface area contributed by atoms with Gasteiger partial charge in [0.15, 0.2) is 0 Å². The van der Waals surface area contributed by atoms with Crippen molar-refractivity contribution in [2.45, 2.75) is 63.1 Å². The molecule has 8 heteroatoms. The van der Waals surface area contributed by atoms with E-state index in [4.69, 9.17) is 10.5 Å². The van der Waals surface area contributed by atoms with Crippen molar-refractivity contribution in [1.29, 1.82) is 0 Å². The fourth-order valence-electron chi connectivity index (χ4n) is 3.92. The van der Waals surface area contributed by atoms with Crippen LogP contribution in [0.2, 0.25) is 0 Å². The van der Waals surface area contributed by atoms with Gasteiger partial charge in [0.2, 0.25) is 5.95 Å². The number of aliphatic hydroxyl groups is 1. The molecule has 144 valence electrons. The zero-order chi connectivity index (χ0) is 18.5. The van der Waals surface area contributed by atoms with E-state index < -0.39 is 5.91 Å². The van der Waals surface area contributed by atoms with Gasteiger partial charge in [0.25, 0.3) is 5.91 Å². The summed E-state index contributed by atoms with van der Waals surface area (Å²) in [5, 5.41) is 16.3. The summed E-state index contributed by atoms with van der Waals surface area (Å²) in [6.07, 6.45) is 7.76. The fourth-order valence-corrected chi connectivity index (χ4v) is 3.92. The Labute approximate surface area is 153 Å². The second-order valence-corrected chi connectivity index (χ2v) is 7.45. The zero-order valence-electron chi connectivity index (χ0n) is 15.3. The Morgan fingerprint density at radius 1 is 1.23 bits per heavy atom. The van der Waals surface area contributed by atoms with E-state index in [2.05, 4.69) is 20.6 Å². The van der Waals surface area contributed by atoms with Crippen molar-refractivity contribution in [1.82, 2.24) is 9.97 Å². The van der Waals surface area contributed by atoms with Crippen LogP contribution in [0.15, 0.2) is 6.20 Å². The van der Waals surface area contributed by atoms with Gasteiger partial charge in [-0.2, -0.15) is 4.98 Å². The number of rotatable bonds is 7.